The monoisotopic (exact) mass is 406 g/mol. The van der Waals surface area contributed by atoms with Crippen LogP contribution in [0.3, 0.4) is 0 Å². The molecule has 1 aromatic heterocycles. The van der Waals surface area contributed by atoms with E-state index in [1.807, 2.05) is 69.0 Å². The summed E-state index contributed by atoms with van der Waals surface area (Å²) in [5.41, 5.74) is 6.29. The minimum atomic E-state index is 0.0413. The number of carbonyl (C=O) groups excluding carboxylic acids is 1. The zero-order valence-electron chi connectivity index (χ0n) is 18.4. The van der Waals surface area contributed by atoms with Crippen LogP contribution in [0.1, 0.15) is 28.9 Å². The number of carbonyl (C=O) groups is 1. The topological polar surface area (TPSA) is 59.4 Å². The highest BCUT2D eigenvalue weighted by Crippen LogP contribution is 2.22. The van der Waals surface area contributed by atoms with Crippen molar-refractivity contribution in [2.45, 2.75) is 33.2 Å². The normalized spacial score (nSPS) is 10.7. The van der Waals surface area contributed by atoms with Gasteiger partial charge in [0.15, 0.2) is 0 Å². The zero-order chi connectivity index (χ0) is 21.7. The van der Waals surface area contributed by atoms with Gasteiger partial charge in [-0.2, -0.15) is 5.10 Å². The Morgan fingerprint density at radius 3 is 2.53 bits per heavy atom. The van der Waals surface area contributed by atoms with Crippen LogP contribution in [-0.4, -0.2) is 36.9 Å². The Bertz CT molecular complexity index is 1010. The average molecular weight is 407 g/mol. The van der Waals surface area contributed by atoms with Crippen molar-refractivity contribution >= 4 is 11.6 Å². The second kappa shape index (κ2) is 9.48. The third-order valence-corrected chi connectivity index (χ3v) is 5.28. The van der Waals surface area contributed by atoms with Crippen molar-refractivity contribution in [3.8, 4) is 11.4 Å². The molecule has 158 valence electrons. The minimum absolute atomic E-state index is 0.0413. The molecule has 0 saturated heterocycles. The largest absolute Gasteiger partial charge is 0.497 e. The van der Waals surface area contributed by atoms with Crippen LogP contribution in [0.25, 0.3) is 5.69 Å². The molecule has 0 unspecified atom stereocenters. The lowest BCUT2D eigenvalue weighted by Gasteiger charge is -2.13. The average Bonchev–Trinajstić information content (AvgIpc) is 3.04. The summed E-state index contributed by atoms with van der Waals surface area (Å²) in [7, 11) is 5.68. The molecule has 6 nitrogen and oxygen atoms in total. The summed E-state index contributed by atoms with van der Waals surface area (Å²) in [6.45, 7) is 4.57. The number of anilines is 1. The van der Waals surface area contributed by atoms with E-state index in [9.17, 15) is 4.79 Å². The van der Waals surface area contributed by atoms with E-state index < -0.39 is 0 Å². The maximum atomic E-state index is 12.4. The number of aryl methyl sites for hydroxylation is 1. The molecule has 2 aromatic carbocycles. The van der Waals surface area contributed by atoms with Crippen LogP contribution in [0.5, 0.6) is 5.75 Å². The Hall–Kier alpha value is -3.28. The van der Waals surface area contributed by atoms with Crippen LogP contribution in [0.4, 0.5) is 5.69 Å². The molecule has 0 spiro atoms. The SMILES string of the molecule is COc1cccc(-n2nc(C)c(CCC(=O)NCc3ccc(N(C)C)cc3)c2C)c1. The van der Waals surface area contributed by atoms with Gasteiger partial charge in [-0.25, -0.2) is 4.68 Å². The summed E-state index contributed by atoms with van der Waals surface area (Å²) >= 11 is 0. The molecule has 1 heterocycles. The molecule has 0 saturated carbocycles. The second-order valence-corrected chi connectivity index (χ2v) is 7.60. The molecule has 3 aromatic rings. The molecule has 0 bridgehead atoms. The molecule has 1 amide bonds. The molecule has 0 aliphatic carbocycles. The first-order chi connectivity index (χ1) is 14.4. The predicted molar refractivity (Wildman–Crippen MR) is 121 cm³/mol. The van der Waals surface area contributed by atoms with Gasteiger partial charge in [0.25, 0.3) is 0 Å². The van der Waals surface area contributed by atoms with Gasteiger partial charge in [0.1, 0.15) is 5.75 Å². The van der Waals surface area contributed by atoms with Crippen LogP contribution >= 0.6 is 0 Å². The molecule has 6 heteroatoms. The minimum Gasteiger partial charge on any atom is -0.497 e. The maximum Gasteiger partial charge on any atom is 0.220 e. The van der Waals surface area contributed by atoms with Crippen molar-refractivity contribution in [2.24, 2.45) is 0 Å². The number of rotatable bonds is 8. The van der Waals surface area contributed by atoms with Gasteiger partial charge in [0.05, 0.1) is 18.5 Å². The first-order valence-corrected chi connectivity index (χ1v) is 10.1. The number of nitrogens with zero attached hydrogens (tertiary/aromatic N) is 3. The van der Waals surface area contributed by atoms with E-state index in [-0.39, 0.29) is 5.91 Å². The Balaban J connectivity index is 1.60. The summed E-state index contributed by atoms with van der Waals surface area (Å²) in [5.74, 6) is 0.833. The number of benzene rings is 2. The van der Waals surface area contributed by atoms with Gasteiger partial charge in [0, 0.05) is 44.5 Å². The highest BCUT2D eigenvalue weighted by molar-refractivity contribution is 5.76. The number of amides is 1. The lowest BCUT2D eigenvalue weighted by atomic mass is 10.1. The third kappa shape index (κ3) is 5.00. The van der Waals surface area contributed by atoms with E-state index in [0.29, 0.717) is 19.4 Å². The highest BCUT2D eigenvalue weighted by Gasteiger charge is 2.14. The third-order valence-electron chi connectivity index (χ3n) is 5.28. The quantitative estimate of drug-likeness (QED) is 0.618. The molecule has 0 radical (unpaired) electrons. The van der Waals surface area contributed by atoms with Crippen molar-refractivity contribution in [1.29, 1.82) is 0 Å². The van der Waals surface area contributed by atoms with Crippen molar-refractivity contribution in [3.63, 3.8) is 0 Å². The molecule has 0 atom stereocenters. The summed E-state index contributed by atoms with van der Waals surface area (Å²) in [5, 5.41) is 7.69. The number of hydrogen-bond donors (Lipinski definition) is 1. The fraction of sp³-hybridized carbons (Fsp3) is 0.333. The Morgan fingerprint density at radius 2 is 1.87 bits per heavy atom. The molecule has 30 heavy (non-hydrogen) atoms. The van der Waals surface area contributed by atoms with Crippen LogP contribution in [0, 0.1) is 13.8 Å². The fourth-order valence-electron chi connectivity index (χ4n) is 3.47. The summed E-state index contributed by atoms with van der Waals surface area (Å²) in [6, 6.07) is 16.0. The Labute approximate surface area is 178 Å². The van der Waals surface area contributed by atoms with E-state index in [1.54, 1.807) is 7.11 Å². The van der Waals surface area contributed by atoms with Gasteiger partial charge in [0.2, 0.25) is 5.91 Å². The second-order valence-electron chi connectivity index (χ2n) is 7.60. The highest BCUT2D eigenvalue weighted by atomic mass is 16.5. The fourth-order valence-corrected chi connectivity index (χ4v) is 3.47. The molecule has 0 aliphatic rings. The lowest BCUT2D eigenvalue weighted by Crippen LogP contribution is -2.23. The molecular weight excluding hydrogens is 376 g/mol. The number of methoxy groups -OCH3 is 1. The zero-order valence-corrected chi connectivity index (χ0v) is 18.4. The van der Waals surface area contributed by atoms with Gasteiger partial charge in [-0.1, -0.05) is 18.2 Å². The lowest BCUT2D eigenvalue weighted by molar-refractivity contribution is -0.121. The summed E-state index contributed by atoms with van der Waals surface area (Å²) in [4.78, 5) is 14.4. The maximum absolute atomic E-state index is 12.4. The predicted octanol–water partition coefficient (Wildman–Crippen LogP) is 3.81. The van der Waals surface area contributed by atoms with Crippen LogP contribution in [-0.2, 0) is 17.8 Å². The molecule has 0 fully saturated rings. The first kappa shape index (κ1) is 21.4. The van der Waals surface area contributed by atoms with Crippen molar-refractivity contribution in [1.82, 2.24) is 15.1 Å². The summed E-state index contributed by atoms with van der Waals surface area (Å²) < 4.78 is 7.23. The van der Waals surface area contributed by atoms with E-state index in [0.717, 1.165) is 39.6 Å². The number of aromatic nitrogens is 2. The Morgan fingerprint density at radius 1 is 1.13 bits per heavy atom. The summed E-state index contributed by atoms with van der Waals surface area (Å²) in [6.07, 6.45) is 1.09. The van der Waals surface area contributed by atoms with Crippen LogP contribution < -0.4 is 15.0 Å². The van der Waals surface area contributed by atoms with Gasteiger partial charge in [-0.05, 0) is 55.7 Å². The van der Waals surface area contributed by atoms with Gasteiger partial charge in [-0.15, -0.1) is 0 Å². The Kier molecular flexibility index (Phi) is 6.77. The van der Waals surface area contributed by atoms with Gasteiger partial charge < -0.3 is 15.0 Å². The van der Waals surface area contributed by atoms with E-state index in [2.05, 4.69) is 27.4 Å². The smallest absolute Gasteiger partial charge is 0.220 e. The number of nitrogens with one attached hydrogen (secondary N) is 1. The number of hydrogen-bond acceptors (Lipinski definition) is 4. The van der Waals surface area contributed by atoms with Crippen LogP contribution in [0.15, 0.2) is 48.5 Å². The van der Waals surface area contributed by atoms with E-state index in [1.165, 1.54) is 0 Å². The van der Waals surface area contributed by atoms with Gasteiger partial charge in [-0.3, -0.25) is 4.79 Å². The van der Waals surface area contributed by atoms with Gasteiger partial charge >= 0.3 is 0 Å². The van der Waals surface area contributed by atoms with E-state index in [4.69, 9.17) is 4.74 Å². The van der Waals surface area contributed by atoms with Crippen molar-refractivity contribution in [3.05, 3.63) is 71.0 Å². The first-order valence-electron chi connectivity index (χ1n) is 10.1. The van der Waals surface area contributed by atoms with Crippen LogP contribution in [0.2, 0.25) is 0 Å². The molecule has 0 aliphatic heterocycles. The van der Waals surface area contributed by atoms with Crippen molar-refractivity contribution < 1.29 is 9.53 Å². The number of ether oxygens (including phenoxy) is 1. The molecule has 1 N–H and O–H groups in total. The van der Waals surface area contributed by atoms with Crippen molar-refractivity contribution in [2.75, 3.05) is 26.1 Å². The van der Waals surface area contributed by atoms with E-state index >= 15 is 0 Å². The molecular formula is C24H30N4O2. The standard InChI is InChI=1S/C24H30N4O2/c1-17-23(18(2)28(26-17)21-7-6-8-22(15-21)30-5)13-14-24(29)25-16-19-9-11-20(12-10-19)27(3)4/h6-12,15H,13-14,16H2,1-5H3,(H,25,29). The molecule has 3 rings (SSSR count).